The molecule has 0 aromatic carbocycles. The van der Waals surface area contributed by atoms with Crippen molar-refractivity contribution in [3.8, 4) is 0 Å². The lowest BCUT2D eigenvalue weighted by molar-refractivity contribution is 0.181. The second-order valence-corrected chi connectivity index (χ2v) is 4.44. The van der Waals surface area contributed by atoms with Crippen LogP contribution in [0.3, 0.4) is 0 Å². The van der Waals surface area contributed by atoms with Crippen molar-refractivity contribution in [1.82, 2.24) is 0 Å². The molecule has 13 heavy (non-hydrogen) atoms. The van der Waals surface area contributed by atoms with Crippen LogP contribution < -0.4 is 0 Å². The van der Waals surface area contributed by atoms with Gasteiger partial charge in [-0.2, -0.15) is 0 Å². The van der Waals surface area contributed by atoms with Crippen molar-refractivity contribution in [3.63, 3.8) is 0 Å². The molecule has 0 aliphatic heterocycles. The highest BCUT2D eigenvalue weighted by Gasteiger charge is 2.39. The number of aliphatic hydroxyl groups is 1. The standard InChI is InChI=1S/C12H18O/c1-3-9-4-5-10-8-11(13)6-7-12(9,10)2/h3,8,11,13H,4-7H2,1-2H3/b9-3-/t11-,12+/m0/s1. The van der Waals surface area contributed by atoms with Crippen molar-refractivity contribution in [1.29, 1.82) is 0 Å². The minimum Gasteiger partial charge on any atom is -0.389 e. The van der Waals surface area contributed by atoms with Crippen LogP contribution in [0.15, 0.2) is 23.3 Å². The average molecular weight is 178 g/mol. The normalized spacial score (nSPS) is 41.9. The van der Waals surface area contributed by atoms with E-state index in [9.17, 15) is 5.11 Å². The highest BCUT2D eigenvalue weighted by Crippen LogP contribution is 2.52. The van der Waals surface area contributed by atoms with E-state index in [-0.39, 0.29) is 6.10 Å². The first-order valence-electron chi connectivity index (χ1n) is 5.22. The zero-order chi connectivity index (χ0) is 9.47. The predicted octanol–water partition coefficient (Wildman–Crippen LogP) is 2.81. The highest BCUT2D eigenvalue weighted by atomic mass is 16.3. The molecule has 2 atom stereocenters. The number of rotatable bonds is 0. The Morgan fingerprint density at radius 2 is 2.31 bits per heavy atom. The Labute approximate surface area is 80.2 Å². The summed E-state index contributed by atoms with van der Waals surface area (Å²) in [6.45, 7) is 4.46. The summed E-state index contributed by atoms with van der Waals surface area (Å²) in [4.78, 5) is 0. The molecule has 0 bridgehead atoms. The Morgan fingerprint density at radius 3 is 3.00 bits per heavy atom. The fourth-order valence-electron chi connectivity index (χ4n) is 2.83. The molecule has 0 saturated heterocycles. The SMILES string of the molecule is C/C=C1/CCC2=C[C@@H](O)CC[C@@]21C. The Morgan fingerprint density at radius 1 is 1.54 bits per heavy atom. The highest BCUT2D eigenvalue weighted by molar-refractivity contribution is 5.37. The molecule has 72 valence electrons. The second kappa shape index (κ2) is 2.98. The molecule has 0 heterocycles. The number of aliphatic hydroxyl groups excluding tert-OH is 1. The maximum absolute atomic E-state index is 9.53. The molecule has 0 amide bonds. The molecule has 1 N–H and O–H groups in total. The van der Waals surface area contributed by atoms with Gasteiger partial charge >= 0.3 is 0 Å². The first-order valence-corrected chi connectivity index (χ1v) is 5.22. The van der Waals surface area contributed by atoms with E-state index >= 15 is 0 Å². The van der Waals surface area contributed by atoms with Gasteiger partial charge in [0.05, 0.1) is 6.10 Å². The lowest BCUT2D eigenvalue weighted by Crippen LogP contribution is -2.24. The van der Waals surface area contributed by atoms with Crippen molar-refractivity contribution in [2.24, 2.45) is 5.41 Å². The summed E-state index contributed by atoms with van der Waals surface area (Å²) in [5.74, 6) is 0. The summed E-state index contributed by atoms with van der Waals surface area (Å²) < 4.78 is 0. The molecule has 1 nitrogen and oxygen atoms in total. The van der Waals surface area contributed by atoms with Crippen LogP contribution in [-0.2, 0) is 0 Å². The van der Waals surface area contributed by atoms with Gasteiger partial charge in [-0.15, -0.1) is 0 Å². The van der Waals surface area contributed by atoms with Crippen molar-refractivity contribution in [2.45, 2.75) is 45.6 Å². The summed E-state index contributed by atoms with van der Waals surface area (Å²) >= 11 is 0. The molecule has 1 heteroatoms. The molecule has 0 unspecified atom stereocenters. The summed E-state index contributed by atoms with van der Waals surface area (Å²) in [6, 6.07) is 0. The minimum absolute atomic E-state index is 0.181. The van der Waals surface area contributed by atoms with Gasteiger partial charge in [0.1, 0.15) is 0 Å². The Kier molecular flexibility index (Phi) is 2.07. The van der Waals surface area contributed by atoms with Crippen LogP contribution in [0.25, 0.3) is 0 Å². The Balaban J connectivity index is 2.38. The van der Waals surface area contributed by atoms with Crippen LogP contribution in [0.2, 0.25) is 0 Å². The fraction of sp³-hybridized carbons (Fsp3) is 0.667. The van der Waals surface area contributed by atoms with Crippen molar-refractivity contribution in [3.05, 3.63) is 23.3 Å². The largest absolute Gasteiger partial charge is 0.389 e. The zero-order valence-corrected chi connectivity index (χ0v) is 8.51. The molecular formula is C12H18O. The van der Waals surface area contributed by atoms with E-state index in [2.05, 4.69) is 26.0 Å². The Bertz CT molecular complexity index is 275. The third-order valence-corrected chi connectivity index (χ3v) is 3.76. The first kappa shape index (κ1) is 9.01. The quantitative estimate of drug-likeness (QED) is 0.565. The van der Waals surface area contributed by atoms with E-state index in [1.54, 1.807) is 5.57 Å². The van der Waals surface area contributed by atoms with E-state index < -0.39 is 0 Å². The fourth-order valence-corrected chi connectivity index (χ4v) is 2.83. The third kappa shape index (κ3) is 1.26. The lowest BCUT2D eigenvalue weighted by Gasteiger charge is -2.33. The third-order valence-electron chi connectivity index (χ3n) is 3.76. The molecule has 2 rings (SSSR count). The predicted molar refractivity (Wildman–Crippen MR) is 54.4 cm³/mol. The van der Waals surface area contributed by atoms with Crippen molar-refractivity contribution >= 4 is 0 Å². The van der Waals surface area contributed by atoms with E-state index in [1.807, 2.05) is 0 Å². The first-order chi connectivity index (χ1) is 6.16. The van der Waals surface area contributed by atoms with Gasteiger partial charge < -0.3 is 5.11 Å². The van der Waals surface area contributed by atoms with Crippen LogP contribution in [-0.4, -0.2) is 11.2 Å². The lowest BCUT2D eigenvalue weighted by atomic mass is 9.73. The van der Waals surface area contributed by atoms with Crippen LogP contribution in [0, 0.1) is 5.41 Å². The number of allylic oxidation sites excluding steroid dienone is 3. The van der Waals surface area contributed by atoms with Gasteiger partial charge in [-0.25, -0.2) is 0 Å². The number of hydrogen-bond acceptors (Lipinski definition) is 1. The molecule has 0 aromatic rings. The summed E-state index contributed by atoms with van der Waals surface area (Å²) in [7, 11) is 0. The van der Waals surface area contributed by atoms with Crippen LogP contribution >= 0.6 is 0 Å². The van der Waals surface area contributed by atoms with E-state index in [1.165, 1.54) is 12.0 Å². The maximum atomic E-state index is 9.53. The molecule has 1 saturated carbocycles. The van der Waals surface area contributed by atoms with Gasteiger partial charge in [0.15, 0.2) is 0 Å². The topological polar surface area (TPSA) is 20.2 Å². The van der Waals surface area contributed by atoms with E-state index in [4.69, 9.17) is 0 Å². The van der Waals surface area contributed by atoms with Gasteiger partial charge in [0.2, 0.25) is 0 Å². The van der Waals surface area contributed by atoms with Gasteiger partial charge in [-0.3, -0.25) is 0 Å². The number of hydrogen-bond donors (Lipinski definition) is 1. The molecule has 1 fully saturated rings. The molecule has 2 aliphatic carbocycles. The molecule has 0 spiro atoms. The molecule has 2 aliphatic rings. The average Bonchev–Trinajstić information content (AvgIpc) is 2.42. The van der Waals surface area contributed by atoms with Gasteiger partial charge in [-0.1, -0.05) is 30.2 Å². The summed E-state index contributed by atoms with van der Waals surface area (Å²) in [5, 5.41) is 9.53. The summed E-state index contributed by atoms with van der Waals surface area (Å²) in [6.07, 6.45) is 8.58. The molecule has 0 aromatic heterocycles. The van der Waals surface area contributed by atoms with Crippen LogP contribution in [0.1, 0.15) is 39.5 Å². The van der Waals surface area contributed by atoms with Gasteiger partial charge in [-0.05, 0) is 32.6 Å². The molecular weight excluding hydrogens is 160 g/mol. The Hall–Kier alpha value is -0.560. The maximum Gasteiger partial charge on any atom is 0.0724 e. The van der Waals surface area contributed by atoms with Gasteiger partial charge in [0.25, 0.3) is 0 Å². The second-order valence-electron chi connectivity index (χ2n) is 4.44. The minimum atomic E-state index is -0.181. The van der Waals surface area contributed by atoms with E-state index in [0.717, 1.165) is 19.3 Å². The van der Waals surface area contributed by atoms with Crippen LogP contribution in [0.4, 0.5) is 0 Å². The van der Waals surface area contributed by atoms with E-state index in [0.29, 0.717) is 5.41 Å². The molecule has 0 radical (unpaired) electrons. The zero-order valence-electron chi connectivity index (χ0n) is 8.51. The monoisotopic (exact) mass is 178 g/mol. The number of fused-ring (bicyclic) bond motifs is 1. The van der Waals surface area contributed by atoms with Crippen molar-refractivity contribution < 1.29 is 5.11 Å². The van der Waals surface area contributed by atoms with Gasteiger partial charge in [0, 0.05) is 5.41 Å². The van der Waals surface area contributed by atoms with Crippen molar-refractivity contribution in [2.75, 3.05) is 0 Å². The van der Waals surface area contributed by atoms with Crippen LogP contribution in [0.5, 0.6) is 0 Å². The summed E-state index contributed by atoms with van der Waals surface area (Å²) in [5.41, 5.74) is 3.35. The smallest absolute Gasteiger partial charge is 0.0724 e.